The van der Waals surface area contributed by atoms with Crippen LogP contribution in [0.1, 0.15) is 33.6 Å². The highest BCUT2D eigenvalue weighted by molar-refractivity contribution is 5.92. The van der Waals surface area contributed by atoms with E-state index in [1.165, 1.54) is 7.11 Å². The van der Waals surface area contributed by atoms with Gasteiger partial charge in [-0.05, 0) is 11.8 Å². The first-order chi connectivity index (χ1) is 8.20. The predicted octanol–water partition coefficient (Wildman–Crippen LogP) is 0.650. The number of ether oxygens (including phenoxy) is 1. The standard InChI is InChI=1S/C12H19NO5/c1-12(2,3)9(10(15)16)13-7(11(17)18-4)5-6-8(13)14/h7,9H,5-6H2,1-4H3,(H,15,16). The number of carbonyl (C=O) groups excluding carboxylic acids is 2. The monoisotopic (exact) mass is 257 g/mol. The highest BCUT2D eigenvalue weighted by Crippen LogP contribution is 2.32. The van der Waals surface area contributed by atoms with Gasteiger partial charge in [0, 0.05) is 6.42 Å². The molecule has 1 N–H and O–H groups in total. The van der Waals surface area contributed by atoms with Gasteiger partial charge in [0.25, 0.3) is 0 Å². The van der Waals surface area contributed by atoms with Gasteiger partial charge >= 0.3 is 11.9 Å². The topological polar surface area (TPSA) is 83.9 Å². The molecule has 1 fully saturated rings. The van der Waals surface area contributed by atoms with Crippen LogP contribution in [0.25, 0.3) is 0 Å². The first-order valence-corrected chi connectivity index (χ1v) is 5.82. The second kappa shape index (κ2) is 4.96. The Labute approximate surface area is 106 Å². The van der Waals surface area contributed by atoms with Crippen LogP contribution in [0.2, 0.25) is 0 Å². The van der Waals surface area contributed by atoms with Crippen molar-refractivity contribution in [2.45, 2.75) is 45.7 Å². The van der Waals surface area contributed by atoms with Gasteiger partial charge in [0.15, 0.2) is 0 Å². The summed E-state index contributed by atoms with van der Waals surface area (Å²) in [7, 11) is 1.23. The van der Waals surface area contributed by atoms with Gasteiger partial charge in [-0.15, -0.1) is 0 Å². The number of methoxy groups -OCH3 is 1. The lowest BCUT2D eigenvalue weighted by Gasteiger charge is -2.37. The van der Waals surface area contributed by atoms with Crippen molar-refractivity contribution in [2.24, 2.45) is 5.41 Å². The van der Waals surface area contributed by atoms with E-state index in [9.17, 15) is 19.5 Å². The van der Waals surface area contributed by atoms with E-state index in [0.29, 0.717) is 6.42 Å². The third-order valence-electron chi connectivity index (χ3n) is 3.06. The summed E-state index contributed by atoms with van der Waals surface area (Å²) < 4.78 is 4.63. The van der Waals surface area contributed by atoms with Crippen molar-refractivity contribution in [3.05, 3.63) is 0 Å². The minimum Gasteiger partial charge on any atom is -0.480 e. The van der Waals surface area contributed by atoms with E-state index in [2.05, 4.69) is 4.74 Å². The summed E-state index contributed by atoms with van der Waals surface area (Å²) in [5.74, 6) is -1.98. The molecular formula is C12H19NO5. The molecule has 1 rings (SSSR count). The molecule has 0 aromatic carbocycles. The third kappa shape index (κ3) is 2.63. The molecule has 1 amide bonds. The van der Waals surface area contributed by atoms with Gasteiger partial charge < -0.3 is 14.7 Å². The predicted molar refractivity (Wildman–Crippen MR) is 62.8 cm³/mol. The van der Waals surface area contributed by atoms with Crippen molar-refractivity contribution in [3.63, 3.8) is 0 Å². The maximum Gasteiger partial charge on any atom is 0.328 e. The van der Waals surface area contributed by atoms with E-state index in [1.807, 2.05) is 0 Å². The zero-order valence-corrected chi connectivity index (χ0v) is 11.1. The van der Waals surface area contributed by atoms with Crippen molar-refractivity contribution in [2.75, 3.05) is 7.11 Å². The van der Waals surface area contributed by atoms with Crippen molar-refractivity contribution in [1.29, 1.82) is 0 Å². The largest absolute Gasteiger partial charge is 0.480 e. The van der Waals surface area contributed by atoms with Gasteiger partial charge in [-0.2, -0.15) is 0 Å². The fourth-order valence-electron chi connectivity index (χ4n) is 2.30. The fraction of sp³-hybridized carbons (Fsp3) is 0.750. The Bertz CT molecular complexity index is 371. The summed E-state index contributed by atoms with van der Waals surface area (Å²) in [4.78, 5) is 36.0. The quantitative estimate of drug-likeness (QED) is 0.750. The molecule has 2 atom stereocenters. The Kier molecular flexibility index (Phi) is 3.98. The number of esters is 1. The molecule has 2 unspecified atom stereocenters. The number of likely N-dealkylation sites (tertiary alicyclic amines) is 1. The van der Waals surface area contributed by atoms with Gasteiger partial charge in [0.1, 0.15) is 12.1 Å². The summed E-state index contributed by atoms with van der Waals surface area (Å²) in [6, 6.07) is -1.82. The summed E-state index contributed by atoms with van der Waals surface area (Å²) in [5.41, 5.74) is -0.655. The minimum absolute atomic E-state index is 0.180. The van der Waals surface area contributed by atoms with Crippen LogP contribution >= 0.6 is 0 Å². The van der Waals surface area contributed by atoms with Crippen molar-refractivity contribution in [3.8, 4) is 0 Å². The first-order valence-electron chi connectivity index (χ1n) is 5.82. The lowest BCUT2D eigenvalue weighted by molar-refractivity contribution is -0.160. The lowest BCUT2D eigenvalue weighted by atomic mass is 9.85. The average Bonchev–Trinajstić information content (AvgIpc) is 2.58. The van der Waals surface area contributed by atoms with Gasteiger partial charge in [-0.3, -0.25) is 4.79 Å². The summed E-state index contributed by atoms with van der Waals surface area (Å²) in [5, 5.41) is 9.31. The van der Waals surface area contributed by atoms with Crippen LogP contribution in [0.3, 0.4) is 0 Å². The minimum atomic E-state index is -1.10. The number of amides is 1. The highest BCUT2D eigenvalue weighted by Gasteiger charge is 2.48. The molecule has 0 aromatic heterocycles. The van der Waals surface area contributed by atoms with E-state index in [1.54, 1.807) is 20.8 Å². The zero-order valence-electron chi connectivity index (χ0n) is 11.1. The molecule has 6 nitrogen and oxygen atoms in total. The van der Waals surface area contributed by atoms with E-state index < -0.39 is 29.4 Å². The van der Waals surface area contributed by atoms with E-state index in [-0.39, 0.29) is 12.3 Å². The highest BCUT2D eigenvalue weighted by atomic mass is 16.5. The van der Waals surface area contributed by atoms with Crippen molar-refractivity contribution < 1.29 is 24.2 Å². The number of nitrogens with zero attached hydrogens (tertiary/aromatic N) is 1. The molecule has 0 aromatic rings. The number of hydrogen-bond donors (Lipinski definition) is 1. The van der Waals surface area contributed by atoms with E-state index in [4.69, 9.17) is 0 Å². The average molecular weight is 257 g/mol. The molecule has 0 spiro atoms. The molecule has 0 aliphatic carbocycles. The van der Waals surface area contributed by atoms with Gasteiger partial charge in [0.05, 0.1) is 7.11 Å². The maximum atomic E-state index is 11.9. The fourth-order valence-corrected chi connectivity index (χ4v) is 2.30. The molecule has 0 radical (unpaired) electrons. The number of carboxylic acid groups (broad SMARTS) is 1. The van der Waals surface area contributed by atoms with E-state index in [0.717, 1.165) is 4.90 Å². The molecule has 1 aliphatic heterocycles. The lowest BCUT2D eigenvalue weighted by Crippen LogP contribution is -2.55. The summed E-state index contributed by atoms with van der Waals surface area (Å²) >= 11 is 0. The number of hydrogen-bond acceptors (Lipinski definition) is 4. The maximum absolute atomic E-state index is 11.9. The Morgan fingerprint density at radius 3 is 2.39 bits per heavy atom. The summed E-state index contributed by atoms with van der Waals surface area (Å²) in [6.45, 7) is 5.18. The van der Waals surface area contributed by atoms with Crippen molar-refractivity contribution >= 4 is 17.8 Å². The molecule has 1 aliphatic rings. The molecule has 102 valence electrons. The van der Waals surface area contributed by atoms with Crippen molar-refractivity contribution in [1.82, 2.24) is 4.90 Å². The Balaban J connectivity index is 3.11. The van der Waals surface area contributed by atoms with Crippen LogP contribution in [0.4, 0.5) is 0 Å². The van der Waals surface area contributed by atoms with Gasteiger partial charge in [-0.1, -0.05) is 20.8 Å². The molecule has 1 heterocycles. The zero-order chi connectivity index (χ0) is 14.1. The Hall–Kier alpha value is -1.59. The Morgan fingerprint density at radius 2 is 2.00 bits per heavy atom. The first kappa shape index (κ1) is 14.5. The molecule has 18 heavy (non-hydrogen) atoms. The van der Waals surface area contributed by atoms with Crippen LogP contribution in [-0.2, 0) is 19.1 Å². The van der Waals surface area contributed by atoms with Crippen LogP contribution < -0.4 is 0 Å². The van der Waals surface area contributed by atoms with Crippen LogP contribution in [-0.4, -0.2) is 47.0 Å². The molecular weight excluding hydrogens is 238 g/mol. The number of rotatable bonds is 3. The smallest absolute Gasteiger partial charge is 0.328 e. The number of carboxylic acids is 1. The van der Waals surface area contributed by atoms with E-state index >= 15 is 0 Å². The van der Waals surface area contributed by atoms with Crippen LogP contribution in [0, 0.1) is 5.41 Å². The third-order valence-corrected chi connectivity index (χ3v) is 3.06. The van der Waals surface area contributed by atoms with Crippen LogP contribution in [0.5, 0.6) is 0 Å². The number of carbonyl (C=O) groups is 3. The molecule has 1 saturated heterocycles. The molecule has 0 bridgehead atoms. The van der Waals surface area contributed by atoms with Crippen LogP contribution in [0.15, 0.2) is 0 Å². The number of aliphatic carboxylic acids is 1. The second-order valence-electron chi connectivity index (χ2n) is 5.49. The molecule has 6 heteroatoms. The SMILES string of the molecule is COC(=O)C1CCC(=O)N1C(C(=O)O)C(C)(C)C. The Morgan fingerprint density at radius 1 is 1.44 bits per heavy atom. The van der Waals surface area contributed by atoms with Gasteiger partial charge in [0.2, 0.25) is 5.91 Å². The molecule has 0 saturated carbocycles. The van der Waals surface area contributed by atoms with Gasteiger partial charge in [-0.25, -0.2) is 9.59 Å². The second-order valence-corrected chi connectivity index (χ2v) is 5.49. The normalized spacial score (nSPS) is 21.9. The summed E-state index contributed by atoms with van der Waals surface area (Å²) in [6.07, 6.45) is 0.491.